The molecule has 0 saturated carbocycles. The smallest absolute Gasteiger partial charge is 0.404 e. The molecule has 20 heavy (non-hydrogen) atoms. The Morgan fingerprint density at radius 3 is 2.60 bits per heavy atom. The first-order valence-electron chi connectivity index (χ1n) is 5.74. The fourth-order valence-corrected chi connectivity index (χ4v) is 1.94. The highest BCUT2D eigenvalue weighted by Crippen LogP contribution is 2.34. The summed E-state index contributed by atoms with van der Waals surface area (Å²) in [6.45, 7) is 1.17. The largest absolute Gasteiger partial charge is 0.573 e. The Balaban J connectivity index is 2.41. The van der Waals surface area contributed by atoms with Crippen molar-refractivity contribution in [3.05, 3.63) is 24.3 Å². The van der Waals surface area contributed by atoms with Gasteiger partial charge >= 0.3 is 6.36 Å². The molecule has 0 aliphatic carbocycles. The molecule has 108 valence electrons. The maximum Gasteiger partial charge on any atom is 0.573 e. The number of rotatable bonds is 2. The second kappa shape index (κ2) is 5.03. The second-order valence-electron chi connectivity index (χ2n) is 4.17. The van der Waals surface area contributed by atoms with E-state index in [4.69, 9.17) is 0 Å². The van der Waals surface area contributed by atoms with Crippen LogP contribution in [0.1, 0.15) is 6.92 Å². The molecular weight excluding hydrogens is 277 g/mol. The number of benzene rings is 1. The van der Waals surface area contributed by atoms with Crippen molar-refractivity contribution in [3.63, 3.8) is 0 Å². The molecule has 1 aromatic carbocycles. The summed E-state index contributed by atoms with van der Waals surface area (Å²) in [7, 11) is 0. The van der Waals surface area contributed by atoms with Gasteiger partial charge in [0.15, 0.2) is 5.75 Å². The van der Waals surface area contributed by atoms with Crippen molar-refractivity contribution in [3.8, 4) is 5.75 Å². The summed E-state index contributed by atoms with van der Waals surface area (Å²) in [6, 6.07) is 4.30. The monoisotopic (exact) mass is 288 g/mol. The second-order valence-corrected chi connectivity index (χ2v) is 4.17. The predicted octanol–water partition coefficient (Wildman–Crippen LogP) is 1.44. The lowest BCUT2D eigenvalue weighted by molar-refractivity contribution is -0.274. The molecule has 1 aromatic rings. The quantitative estimate of drug-likeness (QED) is 0.895. The minimum atomic E-state index is -4.87. The molecule has 0 aromatic heterocycles. The van der Waals surface area contributed by atoms with Gasteiger partial charge in [0.25, 0.3) is 0 Å². The summed E-state index contributed by atoms with van der Waals surface area (Å²) < 4.78 is 41.0. The van der Waals surface area contributed by atoms with Crippen LogP contribution in [0.5, 0.6) is 5.75 Å². The average Bonchev–Trinajstić information content (AvgIpc) is 2.35. The molecule has 2 rings (SSSR count). The maximum atomic E-state index is 12.4. The van der Waals surface area contributed by atoms with E-state index in [1.807, 2.05) is 0 Å². The van der Waals surface area contributed by atoms with Gasteiger partial charge in [-0.1, -0.05) is 12.1 Å². The highest BCUT2D eigenvalue weighted by atomic mass is 19.4. The van der Waals surface area contributed by atoms with Crippen LogP contribution in [0, 0.1) is 0 Å². The van der Waals surface area contributed by atoms with E-state index in [1.165, 1.54) is 25.1 Å². The Morgan fingerprint density at radius 1 is 1.30 bits per heavy atom. The number of carbonyl (C=O) groups excluding carboxylic acids is 2. The zero-order valence-electron chi connectivity index (χ0n) is 10.4. The van der Waals surface area contributed by atoms with Crippen molar-refractivity contribution in [2.24, 2.45) is 0 Å². The normalized spacial score (nSPS) is 19.8. The Bertz CT molecular complexity index is 545. The van der Waals surface area contributed by atoms with Crippen LogP contribution in [0.2, 0.25) is 0 Å². The van der Waals surface area contributed by atoms with Gasteiger partial charge in [-0.3, -0.25) is 14.5 Å². The average molecular weight is 288 g/mol. The summed E-state index contributed by atoms with van der Waals surface area (Å²) in [5.41, 5.74) is -0.0859. The molecule has 1 aliphatic rings. The molecule has 1 aliphatic heterocycles. The molecule has 1 unspecified atom stereocenters. The lowest BCUT2D eigenvalue weighted by Gasteiger charge is -2.33. The SMILES string of the molecule is CC1C(=O)NCC(=O)N1c1ccccc1OC(F)(F)F. The number of halogens is 3. The number of nitrogens with zero attached hydrogens (tertiary/aromatic N) is 1. The number of nitrogens with one attached hydrogen (secondary N) is 1. The third-order valence-electron chi connectivity index (χ3n) is 2.80. The number of para-hydroxylation sites is 2. The van der Waals surface area contributed by atoms with E-state index < -0.39 is 30.0 Å². The van der Waals surface area contributed by atoms with Crippen LogP contribution in [0.4, 0.5) is 18.9 Å². The predicted molar refractivity (Wildman–Crippen MR) is 63.1 cm³/mol. The Kier molecular flexibility index (Phi) is 3.56. The molecule has 1 fully saturated rings. The number of anilines is 1. The van der Waals surface area contributed by atoms with Crippen LogP contribution in [0.15, 0.2) is 24.3 Å². The molecule has 0 radical (unpaired) electrons. The van der Waals surface area contributed by atoms with Crippen molar-refractivity contribution >= 4 is 17.5 Å². The first-order chi connectivity index (χ1) is 9.29. The van der Waals surface area contributed by atoms with Gasteiger partial charge in [0.2, 0.25) is 11.8 Å². The lowest BCUT2D eigenvalue weighted by Crippen LogP contribution is -2.57. The number of ether oxygens (including phenoxy) is 1. The van der Waals surface area contributed by atoms with Crippen molar-refractivity contribution in [1.29, 1.82) is 0 Å². The van der Waals surface area contributed by atoms with E-state index in [9.17, 15) is 22.8 Å². The molecule has 0 spiro atoms. The molecular formula is C12H11F3N2O3. The maximum absolute atomic E-state index is 12.4. The van der Waals surface area contributed by atoms with Gasteiger partial charge in [0.1, 0.15) is 6.04 Å². The molecule has 0 bridgehead atoms. The van der Waals surface area contributed by atoms with Crippen LogP contribution in [-0.2, 0) is 9.59 Å². The van der Waals surface area contributed by atoms with Crippen molar-refractivity contribution in [2.45, 2.75) is 19.3 Å². The zero-order valence-corrected chi connectivity index (χ0v) is 10.4. The highest BCUT2D eigenvalue weighted by molar-refractivity contribution is 6.07. The summed E-state index contributed by atoms with van der Waals surface area (Å²) in [4.78, 5) is 24.4. The van der Waals surface area contributed by atoms with Crippen LogP contribution in [0.25, 0.3) is 0 Å². The summed E-state index contributed by atoms with van der Waals surface area (Å²) in [5.74, 6) is -1.46. The number of piperazine rings is 1. The standard InChI is InChI=1S/C12H11F3N2O3/c1-7-11(19)16-6-10(18)17(7)8-4-2-3-5-9(8)20-12(13,14)15/h2-5,7H,6H2,1H3,(H,16,19). The van der Waals surface area contributed by atoms with Crippen molar-refractivity contribution < 1.29 is 27.5 Å². The van der Waals surface area contributed by atoms with E-state index in [1.54, 1.807) is 0 Å². The Hall–Kier alpha value is -2.25. The number of carbonyl (C=O) groups is 2. The van der Waals surface area contributed by atoms with E-state index >= 15 is 0 Å². The molecule has 1 saturated heterocycles. The van der Waals surface area contributed by atoms with Crippen LogP contribution in [0.3, 0.4) is 0 Å². The first-order valence-corrected chi connectivity index (χ1v) is 5.74. The van der Waals surface area contributed by atoms with Crippen LogP contribution < -0.4 is 15.0 Å². The number of hydrogen-bond acceptors (Lipinski definition) is 3. The van der Waals surface area contributed by atoms with Gasteiger partial charge in [0, 0.05) is 0 Å². The summed E-state index contributed by atoms with van der Waals surface area (Å²) >= 11 is 0. The third-order valence-corrected chi connectivity index (χ3v) is 2.80. The minimum Gasteiger partial charge on any atom is -0.404 e. The zero-order chi connectivity index (χ0) is 14.9. The third kappa shape index (κ3) is 2.84. The van der Waals surface area contributed by atoms with E-state index in [2.05, 4.69) is 10.1 Å². The molecule has 1 atom stereocenters. The minimum absolute atomic E-state index is 0.0859. The topological polar surface area (TPSA) is 58.6 Å². The van der Waals surface area contributed by atoms with Gasteiger partial charge < -0.3 is 10.1 Å². The van der Waals surface area contributed by atoms with E-state index in [0.29, 0.717) is 0 Å². The Morgan fingerprint density at radius 2 is 1.95 bits per heavy atom. The lowest BCUT2D eigenvalue weighted by atomic mass is 10.1. The van der Waals surface area contributed by atoms with Gasteiger partial charge in [-0.2, -0.15) is 0 Å². The van der Waals surface area contributed by atoms with Gasteiger partial charge in [-0.05, 0) is 19.1 Å². The van der Waals surface area contributed by atoms with Crippen molar-refractivity contribution in [1.82, 2.24) is 5.32 Å². The fraction of sp³-hybridized carbons (Fsp3) is 0.333. The van der Waals surface area contributed by atoms with Crippen LogP contribution >= 0.6 is 0 Å². The number of amides is 2. The Labute approximate surface area is 112 Å². The van der Waals surface area contributed by atoms with Gasteiger partial charge in [-0.25, -0.2) is 0 Å². The molecule has 1 heterocycles. The van der Waals surface area contributed by atoms with E-state index in [0.717, 1.165) is 11.0 Å². The fourth-order valence-electron chi connectivity index (χ4n) is 1.94. The molecule has 1 N–H and O–H groups in total. The van der Waals surface area contributed by atoms with Gasteiger partial charge in [-0.15, -0.1) is 13.2 Å². The van der Waals surface area contributed by atoms with E-state index in [-0.39, 0.29) is 12.2 Å². The summed E-state index contributed by atoms with van der Waals surface area (Å²) in [6.07, 6.45) is -4.87. The molecule has 8 heteroatoms. The number of hydrogen-bond donors (Lipinski definition) is 1. The highest BCUT2D eigenvalue weighted by Gasteiger charge is 2.37. The number of alkyl halides is 3. The van der Waals surface area contributed by atoms with Crippen LogP contribution in [-0.4, -0.2) is 30.8 Å². The van der Waals surface area contributed by atoms with Crippen molar-refractivity contribution in [2.75, 3.05) is 11.4 Å². The molecule has 5 nitrogen and oxygen atoms in total. The summed E-state index contributed by atoms with van der Waals surface area (Å²) in [5, 5.41) is 2.36. The first kappa shape index (κ1) is 14.2. The van der Waals surface area contributed by atoms with Gasteiger partial charge in [0.05, 0.1) is 12.2 Å². The molecule has 2 amide bonds.